The van der Waals surface area contributed by atoms with Crippen molar-refractivity contribution in [3.8, 4) is 0 Å². The van der Waals surface area contributed by atoms with Crippen molar-refractivity contribution >= 4 is 11.6 Å². The second kappa shape index (κ2) is 5.41. The summed E-state index contributed by atoms with van der Waals surface area (Å²) in [5.74, 6) is 1.63. The average Bonchev–Trinajstić information content (AvgIpc) is 2.71. The van der Waals surface area contributed by atoms with E-state index in [2.05, 4.69) is 44.4 Å². The van der Waals surface area contributed by atoms with Gasteiger partial charge >= 0.3 is 0 Å². The molecule has 1 aliphatic carbocycles. The van der Waals surface area contributed by atoms with Gasteiger partial charge in [-0.3, -0.25) is 0 Å². The van der Waals surface area contributed by atoms with Crippen LogP contribution in [-0.4, -0.2) is 7.05 Å². The van der Waals surface area contributed by atoms with Gasteiger partial charge in [-0.15, -0.1) is 0 Å². The van der Waals surface area contributed by atoms with Gasteiger partial charge in [0, 0.05) is 11.1 Å². The zero-order valence-corrected chi connectivity index (χ0v) is 11.7. The largest absolute Gasteiger partial charge is 0.313 e. The van der Waals surface area contributed by atoms with Crippen LogP contribution in [0, 0.1) is 18.8 Å². The van der Waals surface area contributed by atoms with E-state index >= 15 is 0 Å². The van der Waals surface area contributed by atoms with Crippen LogP contribution in [0.4, 0.5) is 0 Å². The van der Waals surface area contributed by atoms with Crippen LogP contribution in [0.15, 0.2) is 18.2 Å². The van der Waals surface area contributed by atoms with Gasteiger partial charge in [0.25, 0.3) is 0 Å². The first kappa shape index (κ1) is 12.9. The first-order valence-electron chi connectivity index (χ1n) is 6.55. The SMILES string of the molecule is CNC(c1ccc(C)c(Cl)c1)C1CCC(C)C1. The predicted molar refractivity (Wildman–Crippen MR) is 74.5 cm³/mol. The van der Waals surface area contributed by atoms with Gasteiger partial charge in [0.2, 0.25) is 0 Å². The first-order chi connectivity index (χ1) is 8.11. The maximum Gasteiger partial charge on any atom is 0.0438 e. The van der Waals surface area contributed by atoms with Crippen LogP contribution in [0.2, 0.25) is 5.02 Å². The van der Waals surface area contributed by atoms with Gasteiger partial charge in [-0.25, -0.2) is 0 Å². The molecule has 0 spiro atoms. The molecule has 3 atom stereocenters. The number of nitrogens with one attached hydrogen (secondary N) is 1. The molecule has 1 aromatic rings. The van der Waals surface area contributed by atoms with E-state index in [1.54, 1.807) is 0 Å². The van der Waals surface area contributed by atoms with E-state index in [-0.39, 0.29) is 0 Å². The van der Waals surface area contributed by atoms with E-state index in [9.17, 15) is 0 Å². The van der Waals surface area contributed by atoms with Crippen molar-refractivity contribution in [2.75, 3.05) is 7.05 Å². The van der Waals surface area contributed by atoms with E-state index in [1.807, 2.05) is 0 Å². The molecule has 0 heterocycles. The third-order valence-corrected chi connectivity index (χ3v) is 4.48. The predicted octanol–water partition coefficient (Wildman–Crippen LogP) is 4.35. The minimum Gasteiger partial charge on any atom is -0.313 e. The Morgan fingerprint density at radius 1 is 1.35 bits per heavy atom. The molecular weight excluding hydrogens is 230 g/mol. The summed E-state index contributed by atoms with van der Waals surface area (Å²) in [5.41, 5.74) is 2.49. The van der Waals surface area contributed by atoms with Crippen molar-refractivity contribution in [1.82, 2.24) is 5.32 Å². The lowest BCUT2D eigenvalue weighted by Crippen LogP contribution is -2.23. The Morgan fingerprint density at radius 2 is 2.12 bits per heavy atom. The summed E-state index contributed by atoms with van der Waals surface area (Å²) in [6.45, 7) is 4.41. The summed E-state index contributed by atoms with van der Waals surface area (Å²) in [6.07, 6.45) is 4.03. The van der Waals surface area contributed by atoms with Crippen LogP contribution in [0.25, 0.3) is 0 Å². The van der Waals surface area contributed by atoms with Gasteiger partial charge < -0.3 is 5.32 Å². The molecule has 0 aromatic heterocycles. The maximum absolute atomic E-state index is 6.22. The van der Waals surface area contributed by atoms with Crippen molar-refractivity contribution in [1.29, 1.82) is 0 Å². The zero-order valence-electron chi connectivity index (χ0n) is 11.0. The molecule has 1 aromatic carbocycles. The molecule has 94 valence electrons. The Balaban J connectivity index is 2.20. The van der Waals surface area contributed by atoms with Crippen molar-refractivity contribution in [3.63, 3.8) is 0 Å². The Hall–Kier alpha value is -0.530. The van der Waals surface area contributed by atoms with Crippen molar-refractivity contribution in [2.24, 2.45) is 11.8 Å². The van der Waals surface area contributed by atoms with Crippen LogP contribution >= 0.6 is 11.6 Å². The third-order valence-electron chi connectivity index (χ3n) is 4.07. The van der Waals surface area contributed by atoms with E-state index in [0.29, 0.717) is 6.04 Å². The van der Waals surface area contributed by atoms with Gasteiger partial charge in [-0.1, -0.05) is 37.1 Å². The fourth-order valence-corrected chi connectivity index (χ4v) is 3.22. The minimum absolute atomic E-state index is 0.457. The lowest BCUT2D eigenvalue weighted by Gasteiger charge is -2.24. The summed E-state index contributed by atoms with van der Waals surface area (Å²) in [6, 6.07) is 6.92. The molecule has 3 unspecified atom stereocenters. The molecule has 1 N–H and O–H groups in total. The number of benzene rings is 1. The highest BCUT2D eigenvalue weighted by Gasteiger charge is 2.28. The second-order valence-corrected chi connectivity index (χ2v) is 5.86. The van der Waals surface area contributed by atoms with Crippen molar-refractivity contribution in [2.45, 2.75) is 39.2 Å². The fourth-order valence-electron chi connectivity index (χ4n) is 3.03. The fraction of sp³-hybridized carbons (Fsp3) is 0.600. The molecule has 17 heavy (non-hydrogen) atoms. The second-order valence-electron chi connectivity index (χ2n) is 5.45. The highest BCUT2D eigenvalue weighted by Crippen LogP contribution is 2.39. The van der Waals surface area contributed by atoms with E-state index < -0.39 is 0 Å². The number of hydrogen-bond donors (Lipinski definition) is 1. The molecule has 1 fully saturated rings. The van der Waals surface area contributed by atoms with Crippen LogP contribution in [0.3, 0.4) is 0 Å². The Kier molecular flexibility index (Phi) is 4.11. The van der Waals surface area contributed by atoms with E-state index in [1.165, 1.54) is 24.8 Å². The van der Waals surface area contributed by atoms with Crippen molar-refractivity contribution in [3.05, 3.63) is 34.3 Å². The van der Waals surface area contributed by atoms with Crippen LogP contribution in [0.5, 0.6) is 0 Å². The topological polar surface area (TPSA) is 12.0 Å². The molecule has 0 bridgehead atoms. The van der Waals surface area contributed by atoms with Gasteiger partial charge in [0.15, 0.2) is 0 Å². The van der Waals surface area contributed by atoms with E-state index in [0.717, 1.165) is 22.4 Å². The molecule has 0 aliphatic heterocycles. The van der Waals surface area contributed by atoms with Gasteiger partial charge in [0.05, 0.1) is 0 Å². The van der Waals surface area contributed by atoms with Gasteiger partial charge in [0.1, 0.15) is 0 Å². The Labute approximate surface area is 110 Å². The standard InChI is InChI=1S/C15H22ClN/c1-10-4-6-12(8-10)15(17-3)13-7-5-11(2)14(16)9-13/h5,7,9-10,12,15,17H,4,6,8H2,1-3H3. The summed E-state index contributed by atoms with van der Waals surface area (Å²) in [4.78, 5) is 0. The van der Waals surface area contributed by atoms with Crippen LogP contribution < -0.4 is 5.32 Å². The molecule has 2 rings (SSSR count). The third kappa shape index (κ3) is 2.83. The maximum atomic E-state index is 6.22. The van der Waals surface area contributed by atoms with E-state index in [4.69, 9.17) is 11.6 Å². The molecule has 0 saturated heterocycles. The molecule has 1 nitrogen and oxygen atoms in total. The Morgan fingerprint density at radius 3 is 2.65 bits per heavy atom. The van der Waals surface area contributed by atoms with Crippen LogP contribution in [0.1, 0.15) is 43.4 Å². The highest BCUT2D eigenvalue weighted by molar-refractivity contribution is 6.31. The normalized spacial score (nSPS) is 26.1. The molecule has 2 heteroatoms. The summed E-state index contributed by atoms with van der Waals surface area (Å²) in [7, 11) is 2.06. The van der Waals surface area contributed by atoms with Crippen molar-refractivity contribution < 1.29 is 0 Å². The number of hydrogen-bond acceptors (Lipinski definition) is 1. The Bertz CT molecular complexity index is 389. The number of aryl methyl sites for hydroxylation is 1. The monoisotopic (exact) mass is 251 g/mol. The highest BCUT2D eigenvalue weighted by atomic mass is 35.5. The number of rotatable bonds is 3. The number of halogens is 1. The van der Waals surface area contributed by atoms with Gasteiger partial charge in [-0.05, 0) is 55.8 Å². The zero-order chi connectivity index (χ0) is 12.4. The van der Waals surface area contributed by atoms with Gasteiger partial charge in [-0.2, -0.15) is 0 Å². The summed E-state index contributed by atoms with van der Waals surface area (Å²) >= 11 is 6.22. The molecular formula is C15H22ClN. The first-order valence-corrected chi connectivity index (χ1v) is 6.93. The van der Waals surface area contributed by atoms with Crippen LogP contribution in [-0.2, 0) is 0 Å². The summed E-state index contributed by atoms with van der Waals surface area (Å²) in [5, 5.41) is 4.35. The smallest absolute Gasteiger partial charge is 0.0438 e. The molecule has 1 aliphatic rings. The minimum atomic E-state index is 0.457. The molecule has 0 radical (unpaired) electrons. The summed E-state index contributed by atoms with van der Waals surface area (Å²) < 4.78 is 0. The lowest BCUT2D eigenvalue weighted by molar-refractivity contribution is 0.379. The average molecular weight is 252 g/mol. The molecule has 1 saturated carbocycles. The molecule has 0 amide bonds. The lowest BCUT2D eigenvalue weighted by atomic mass is 9.90. The quantitative estimate of drug-likeness (QED) is 0.843.